The smallest absolute Gasteiger partial charge is 0.206 e. The van der Waals surface area contributed by atoms with Gasteiger partial charge >= 0.3 is 0 Å². The van der Waals surface area contributed by atoms with Gasteiger partial charge in [-0.1, -0.05) is 16.8 Å². The second-order valence-electron chi connectivity index (χ2n) is 5.94. The van der Waals surface area contributed by atoms with Crippen LogP contribution in [-0.4, -0.2) is 44.7 Å². The largest absolute Gasteiger partial charge is 0.372 e. The first-order valence-electron chi connectivity index (χ1n) is 7.69. The van der Waals surface area contributed by atoms with Crippen molar-refractivity contribution in [3.8, 4) is 0 Å². The Labute approximate surface area is 144 Å². The minimum atomic E-state index is -0.738. The summed E-state index contributed by atoms with van der Waals surface area (Å²) in [4.78, 5) is 1.92. The van der Waals surface area contributed by atoms with Crippen LogP contribution < -0.4 is 4.90 Å². The standard InChI is InChI=1S/C16H20ClFN2O4/c1-8-6-20(7-9(2)23-8)13-10(16(21-3)22-4)5-11-14(12(13)18)24-19-15(11)17/h5,8-9,16H,6-7H2,1-4H3. The fourth-order valence-corrected chi connectivity index (χ4v) is 3.41. The number of methoxy groups -OCH3 is 2. The number of halogens is 2. The van der Waals surface area contributed by atoms with Crippen LogP contribution in [0.5, 0.6) is 0 Å². The van der Waals surface area contributed by atoms with Gasteiger partial charge in [0.2, 0.25) is 5.58 Å². The minimum absolute atomic E-state index is 0.0245. The molecule has 0 saturated carbocycles. The third kappa shape index (κ3) is 2.97. The molecule has 0 amide bonds. The lowest BCUT2D eigenvalue weighted by molar-refractivity contribution is -0.105. The van der Waals surface area contributed by atoms with Gasteiger partial charge < -0.3 is 23.6 Å². The first-order chi connectivity index (χ1) is 11.5. The van der Waals surface area contributed by atoms with Gasteiger partial charge in [0.15, 0.2) is 17.3 Å². The molecule has 0 spiro atoms. The van der Waals surface area contributed by atoms with Crippen LogP contribution >= 0.6 is 11.6 Å². The van der Waals surface area contributed by atoms with Crippen molar-refractivity contribution in [1.82, 2.24) is 5.16 Å². The van der Waals surface area contributed by atoms with Crippen molar-refractivity contribution in [1.29, 1.82) is 0 Å². The van der Waals surface area contributed by atoms with E-state index in [1.807, 2.05) is 18.7 Å². The molecule has 0 aliphatic carbocycles. The topological polar surface area (TPSA) is 57.0 Å². The summed E-state index contributed by atoms with van der Waals surface area (Å²) in [5.74, 6) is -0.526. The zero-order chi connectivity index (χ0) is 17.4. The Kier molecular flexibility index (Phi) is 4.96. The maximum atomic E-state index is 15.2. The van der Waals surface area contributed by atoms with Gasteiger partial charge in [-0.3, -0.25) is 0 Å². The first kappa shape index (κ1) is 17.4. The van der Waals surface area contributed by atoms with Crippen molar-refractivity contribution in [3.05, 3.63) is 22.6 Å². The van der Waals surface area contributed by atoms with E-state index in [2.05, 4.69) is 5.16 Å². The van der Waals surface area contributed by atoms with Crippen LogP contribution in [-0.2, 0) is 14.2 Å². The Morgan fingerprint density at radius 2 is 1.92 bits per heavy atom. The number of fused-ring (bicyclic) bond motifs is 1. The molecule has 2 aromatic rings. The van der Waals surface area contributed by atoms with E-state index in [-0.39, 0.29) is 22.9 Å². The lowest BCUT2D eigenvalue weighted by Gasteiger charge is -2.38. The van der Waals surface area contributed by atoms with E-state index in [1.165, 1.54) is 14.2 Å². The van der Waals surface area contributed by atoms with Gasteiger partial charge in [-0.05, 0) is 19.9 Å². The summed E-state index contributed by atoms with van der Waals surface area (Å²) in [7, 11) is 3.00. The van der Waals surface area contributed by atoms with Gasteiger partial charge in [-0.25, -0.2) is 4.39 Å². The van der Waals surface area contributed by atoms with E-state index in [9.17, 15) is 0 Å². The van der Waals surface area contributed by atoms with Gasteiger partial charge in [0.05, 0.1) is 23.3 Å². The number of morpholine rings is 1. The third-order valence-corrected chi connectivity index (χ3v) is 4.36. The number of rotatable bonds is 4. The van der Waals surface area contributed by atoms with Crippen molar-refractivity contribution < 1.29 is 23.1 Å². The van der Waals surface area contributed by atoms with Crippen molar-refractivity contribution in [2.75, 3.05) is 32.2 Å². The number of hydrogen-bond donors (Lipinski definition) is 0. The molecule has 2 unspecified atom stereocenters. The monoisotopic (exact) mass is 358 g/mol. The molecule has 1 saturated heterocycles. The maximum absolute atomic E-state index is 15.2. The molecule has 132 valence electrons. The third-order valence-electron chi connectivity index (χ3n) is 4.08. The number of benzene rings is 1. The number of nitrogens with zero attached hydrogens (tertiary/aromatic N) is 2. The van der Waals surface area contributed by atoms with Gasteiger partial charge in [-0.15, -0.1) is 0 Å². The predicted octanol–water partition coefficient (Wildman–Crippen LogP) is 3.53. The molecule has 1 aliphatic rings. The molecule has 6 nitrogen and oxygen atoms in total. The van der Waals surface area contributed by atoms with Gasteiger partial charge in [-0.2, -0.15) is 0 Å². The van der Waals surface area contributed by atoms with Crippen LogP contribution in [0.3, 0.4) is 0 Å². The fraction of sp³-hybridized carbons (Fsp3) is 0.562. The summed E-state index contributed by atoms with van der Waals surface area (Å²) in [6, 6.07) is 1.70. The second-order valence-corrected chi connectivity index (χ2v) is 6.30. The van der Waals surface area contributed by atoms with Crippen LogP contribution in [0.15, 0.2) is 10.6 Å². The molecule has 1 aromatic carbocycles. The van der Waals surface area contributed by atoms with Crippen molar-refractivity contribution in [2.45, 2.75) is 32.3 Å². The number of ether oxygens (including phenoxy) is 3. The fourth-order valence-electron chi connectivity index (χ4n) is 3.23. The van der Waals surface area contributed by atoms with E-state index in [0.717, 1.165) is 0 Å². The van der Waals surface area contributed by atoms with Crippen LogP contribution in [0.4, 0.5) is 10.1 Å². The zero-order valence-electron chi connectivity index (χ0n) is 14.0. The van der Waals surface area contributed by atoms with Crippen molar-refractivity contribution in [3.63, 3.8) is 0 Å². The van der Waals surface area contributed by atoms with Crippen LogP contribution in [0.1, 0.15) is 25.7 Å². The molecule has 0 bridgehead atoms. The van der Waals surface area contributed by atoms with Gasteiger partial charge in [0, 0.05) is 32.9 Å². The molecular weight excluding hydrogens is 339 g/mol. The zero-order valence-corrected chi connectivity index (χ0v) is 14.8. The average molecular weight is 359 g/mol. The first-order valence-corrected chi connectivity index (χ1v) is 8.07. The molecule has 0 radical (unpaired) electrons. The SMILES string of the molecule is COC(OC)c1cc2c(Cl)noc2c(F)c1N1CC(C)OC(C)C1. The molecule has 1 aliphatic heterocycles. The van der Waals surface area contributed by atoms with Crippen LogP contribution in [0, 0.1) is 5.82 Å². The molecule has 3 rings (SSSR count). The molecule has 1 fully saturated rings. The Hall–Kier alpha value is -1.41. The van der Waals surface area contributed by atoms with Crippen molar-refractivity contribution >= 4 is 28.3 Å². The molecule has 1 aromatic heterocycles. The Morgan fingerprint density at radius 3 is 2.50 bits per heavy atom. The van der Waals surface area contributed by atoms with Crippen molar-refractivity contribution in [2.24, 2.45) is 0 Å². The summed E-state index contributed by atoms with van der Waals surface area (Å²) in [6.07, 6.45) is -0.796. The Balaban J connectivity index is 2.19. The summed E-state index contributed by atoms with van der Waals surface area (Å²) in [5.41, 5.74) is 0.930. The highest BCUT2D eigenvalue weighted by atomic mass is 35.5. The molecular formula is C16H20ClFN2O4. The summed E-state index contributed by atoms with van der Waals surface area (Å²) < 4.78 is 36.7. The quantitative estimate of drug-likeness (QED) is 0.779. The van der Waals surface area contributed by atoms with Gasteiger partial charge in [0.1, 0.15) is 0 Å². The molecule has 2 heterocycles. The minimum Gasteiger partial charge on any atom is -0.372 e. The summed E-state index contributed by atoms with van der Waals surface area (Å²) in [6.45, 7) is 4.99. The van der Waals surface area contributed by atoms with Crippen LogP contribution in [0.2, 0.25) is 5.15 Å². The highest BCUT2D eigenvalue weighted by molar-refractivity contribution is 6.34. The maximum Gasteiger partial charge on any atom is 0.206 e. The van der Waals surface area contributed by atoms with E-state index < -0.39 is 12.1 Å². The number of aromatic nitrogens is 1. The van der Waals surface area contributed by atoms with E-state index in [4.69, 9.17) is 30.3 Å². The normalized spacial score (nSPS) is 21.9. The van der Waals surface area contributed by atoms with E-state index >= 15 is 4.39 Å². The second kappa shape index (κ2) is 6.84. The number of anilines is 1. The molecule has 8 heteroatoms. The lowest BCUT2D eigenvalue weighted by Crippen LogP contribution is -2.46. The summed E-state index contributed by atoms with van der Waals surface area (Å²) >= 11 is 6.01. The Morgan fingerprint density at radius 1 is 1.29 bits per heavy atom. The molecule has 0 N–H and O–H groups in total. The van der Waals surface area contributed by atoms with Gasteiger partial charge in [0.25, 0.3) is 0 Å². The van der Waals surface area contributed by atoms with Crippen LogP contribution in [0.25, 0.3) is 11.0 Å². The average Bonchev–Trinajstić information content (AvgIpc) is 2.89. The highest BCUT2D eigenvalue weighted by Crippen LogP contribution is 2.39. The van der Waals surface area contributed by atoms with E-state index in [1.54, 1.807) is 6.07 Å². The predicted molar refractivity (Wildman–Crippen MR) is 88.0 cm³/mol. The molecule has 24 heavy (non-hydrogen) atoms. The Bertz CT molecular complexity index is 724. The highest BCUT2D eigenvalue weighted by Gasteiger charge is 2.31. The lowest BCUT2D eigenvalue weighted by atomic mass is 10.1. The summed E-state index contributed by atoms with van der Waals surface area (Å²) in [5, 5.41) is 4.14. The number of hydrogen-bond acceptors (Lipinski definition) is 6. The van der Waals surface area contributed by atoms with E-state index in [0.29, 0.717) is 29.7 Å². The molecule has 2 atom stereocenters.